The van der Waals surface area contributed by atoms with E-state index in [1.165, 1.54) is 42.6 Å². The zero-order valence-corrected chi connectivity index (χ0v) is 10.2. The molecular formula is C7H15ClZn. The second kappa shape index (κ2) is 8.91. The van der Waals surface area contributed by atoms with Gasteiger partial charge in [0, 0.05) is 0 Å². The molecule has 0 saturated heterocycles. The minimum absolute atomic E-state index is 0. The average molecular weight is 200 g/mol. The first kappa shape index (κ1) is 12.6. The zero-order valence-electron chi connectivity index (χ0n) is 6.49. The molecule has 0 N–H and O–H groups in total. The van der Waals surface area contributed by atoms with Gasteiger partial charge in [-0.25, -0.2) is 0 Å². The molecule has 0 heterocycles. The molecule has 0 aliphatic heterocycles. The molecule has 0 spiro atoms. The van der Waals surface area contributed by atoms with Gasteiger partial charge in [0.15, 0.2) is 0 Å². The van der Waals surface area contributed by atoms with Gasteiger partial charge in [-0.2, -0.15) is 0 Å². The van der Waals surface area contributed by atoms with Crippen LogP contribution in [0.5, 0.6) is 0 Å². The number of hydrogen-bond donors (Lipinski definition) is 0. The molecule has 0 fully saturated rings. The van der Waals surface area contributed by atoms with E-state index in [4.69, 9.17) is 0 Å². The Bertz CT molecular complexity index is 42.2. The Balaban J connectivity index is 0. The third kappa shape index (κ3) is 8.91. The van der Waals surface area contributed by atoms with Gasteiger partial charge in [-0.1, -0.05) is 0 Å². The zero-order chi connectivity index (χ0) is 6.41. The predicted molar refractivity (Wildman–Crippen MR) is 33.5 cm³/mol. The minimum atomic E-state index is 0. The second-order valence-electron chi connectivity index (χ2n) is 2.54. The smallest absolute Gasteiger partial charge is 1.00 e. The van der Waals surface area contributed by atoms with Crippen LogP contribution in [-0.2, 0) is 18.3 Å². The van der Waals surface area contributed by atoms with Gasteiger partial charge >= 0.3 is 62.3 Å². The largest absolute Gasteiger partial charge is 1.00 e. The summed E-state index contributed by atoms with van der Waals surface area (Å²) in [7, 11) is 0. The fourth-order valence-corrected chi connectivity index (χ4v) is 2.45. The van der Waals surface area contributed by atoms with Crippen LogP contribution < -0.4 is 12.4 Å². The molecule has 9 heavy (non-hydrogen) atoms. The van der Waals surface area contributed by atoms with Gasteiger partial charge in [0.25, 0.3) is 0 Å². The van der Waals surface area contributed by atoms with Crippen LogP contribution in [0, 0.1) is 5.92 Å². The Labute approximate surface area is 74.9 Å². The van der Waals surface area contributed by atoms with Crippen molar-refractivity contribution in [2.75, 3.05) is 0 Å². The van der Waals surface area contributed by atoms with E-state index >= 15 is 0 Å². The fourth-order valence-electron chi connectivity index (χ4n) is 0.986. The Kier molecular flexibility index (Phi) is 12.5. The van der Waals surface area contributed by atoms with Crippen LogP contribution in [0.15, 0.2) is 0 Å². The van der Waals surface area contributed by atoms with Gasteiger partial charge in [-0.05, 0) is 0 Å². The average Bonchev–Trinajstić information content (AvgIpc) is 1.68. The van der Waals surface area contributed by atoms with Gasteiger partial charge in [0.1, 0.15) is 0 Å². The normalized spacial score (nSPS) is 12.4. The maximum Gasteiger partial charge on any atom is -1.00 e. The van der Waals surface area contributed by atoms with E-state index in [1.807, 2.05) is 0 Å². The molecule has 2 heteroatoms. The molecule has 0 aliphatic rings. The van der Waals surface area contributed by atoms with Crippen LogP contribution in [0.4, 0.5) is 0 Å². The van der Waals surface area contributed by atoms with E-state index in [1.54, 1.807) is 0 Å². The van der Waals surface area contributed by atoms with Crippen LogP contribution in [0.25, 0.3) is 0 Å². The molecule has 0 bridgehead atoms. The van der Waals surface area contributed by atoms with Crippen LogP contribution in [0.1, 0.15) is 33.1 Å². The van der Waals surface area contributed by atoms with E-state index in [-0.39, 0.29) is 12.4 Å². The summed E-state index contributed by atoms with van der Waals surface area (Å²) >= 11 is 1.48. The van der Waals surface area contributed by atoms with E-state index < -0.39 is 0 Å². The quantitative estimate of drug-likeness (QED) is 0.550. The van der Waals surface area contributed by atoms with E-state index in [0.717, 1.165) is 5.92 Å². The number of rotatable bonds is 4. The first-order valence-corrected chi connectivity index (χ1v) is 5.70. The maximum atomic E-state index is 2.36. The molecule has 52 valence electrons. The van der Waals surface area contributed by atoms with E-state index in [0.29, 0.717) is 0 Å². The summed E-state index contributed by atoms with van der Waals surface area (Å²) in [5, 5.41) is 1.47. The Morgan fingerprint density at radius 3 is 2.22 bits per heavy atom. The summed E-state index contributed by atoms with van der Waals surface area (Å²) < 4.78 is 0. The van der Waals surface area contributed by atoms with Crippen LogP contribution >= 0.6 is 0 Å². The summed E-state index contributed by atoms with van der Waals surface area (Å²) in [6, 6.07) is 0. The number of halogens is 1. The standard InChI is InChI=1S/C7H15.ClH.Zn/c1-4-6-7(3)5-2;;/h7H,2,4-6H2,1,3H3;1H;/q;;+1/p-1. The summed E-state index contributed by atoms with van der Waals surface area (Å²) in [4.78, 5) is 0. The maximum absolute atomic E-state index is 2.36. The van der Waals surface area contributed by atoms with Crippen LogP contribution in [0.2, 0.25) is 5.02 Å². The predicted octanol–water partition coefficient (Wildman–Crippen LogP) is -0.218. The van der Waals surface area contributed by atoms with Crippen LogP contribution in [0.3, 0.4) is 0 Å². The monoisotopic (exact) mass is 198 g/mol. The molecule has 1 unspecified atom stereocenters. The first-order chi connectivity index (χ1) is 3.81. The van der Waals surface area contributed by atoms with E-state index in [9.17, 15) is 0 Å². The minimum Gasteiger partial charge on any atom is -1.00 e. The Hall–Kier alpha value is 0.913. The van der Waals surface area contributed by atoms with Crippen molar-refractivity contribution < 1.29 is 30.7 Å². The summed E-state index contributed by atoms with van der Waals surface area (Å²) in [6.45, 7) is 4.63. The SMILES string of the molecule is CCCC(C)C[CH2][Zn+].[Cl-]. The molecule has 0 aromatic heterocycles. The molecule has 0 aromatic rings. The number of hydrogen-bond acceptors (Lipinski definition) is 0. The molecule has 0 rings (SSSR count). The van der Waals surface area contributed by atoms with Crippen molar-refractivity contribution in [1.82, 2.24) is 0 Å². The van der Waals surface area contributed by atoms with Crippen molar-refractivity contribution >= 4 is 0 Å². The van der Waals surface area contributed by atoms with Gasteiger partial charge in [0.05, 0.1) is 0 Å². The molecule has 0 aliphatic carbocycles. The molecule has 0 saturated carbocycles. The van der Waals surface area contributed by atoms with Crippen LogP contribution in [-0.4, -0.2) is 0 Å². The summed E-state index contributed by atoms with van der Waals surface area (Å²) in [6.07, 6.45) is 4.26. The Morgan fingerprint density at radius 2 is 1.89 bits per heavy atom. The van der Waals surface area contributed by atoms with Crippen molar-refractivity contribution in [3.05, 3.63) is 0 Å². The third-order valence-electron chi connectivity index (χ3n) is 1.48. The van der Waals surface area contributed by atoms with Crippen molar-refractivity contribution in [2.45, 2.75) is 38.1 Å². The second-order valence-corrected chi connectivity index (χ2v) is 4.02. The first-order valence-electron chi connectivity index (χ1n) is 3.60. The molecule has 0 nitrogen and oxygen atoms in total. The topological polar surface area (TPSA) is 0 Å². The summed E-state index contributed by atoms with van der Waals surface area (Å²) in [5.41, 5.74) is 0. The van der Waals surface area contributed by atoms with Crippen molar-refractivity contribution in [2.24, 2.45) is 5.92 Å². The van der Waals surface area contributed by atoms with Gasteiger partial charge in [-0.3, -0.25) is 0 Å². The third-order valence-corrected chi connectivity index (χ3v) is 2.33. The van der Waals surface area contributed by atoms with Gasteiger partial charge in [0.2, 0.25) is 0 Å². The Morgan fingerprint density at radius 1 is 1.33 bits per heavy atom. The molecule has 1 atom stereocenters. The molecule has 0 radical (unpaired) electrons. The fraction of sp³-hybridized carbons (Fsp3) is 1.00. The molecule has 0 amide bonds. The van der Waals surface area contributed by atoms with Crippen molar-refractivity contribution in [1.29, 1.82) is 0 Å². The van der Waals surface area contributed by atoms with Gasteiger partial charge < -0.3 is 12.4 Å². The molecule has 0 aromatic carbocycles. The molecular weight excluding hydrogens is 185 g/mol. The summed E-state index contributed by atoms with van der Waals surface area (Å²) in [5.74, 6) is 0.994. The van der Waals surface area contributed by atoms with Crippen molar-refractivity contribution in [3.63, 3.8) is 0 Å². The van der Waals surface area contributed by atoms with Gasteiger partial charge in [-0.15, -0.1) is 0 Å². The van der Waals surface area contributed by atoms with E-state index in [2.05, 4.69) is 13.8 Å². The van der Waals surface area contributed by atoms with Crippen molar-refractivity contribution in [3.8, 4) is 0 Å².